The summed E-state index contributed by atoms with van der Waals surface area (Å²) in [7, 11) is 0. The zero-order valence-electron chi connectivity index (χ0n) is 13.0. The van der Waals surface area contributed by atoms with Crippen molar-refractivity contribution < 1.29 is 9.59 Å². The molecule has 6 nitrogen and oxygen atoms in total. The van der Waals surface area contributed by atoms with Gasteiger partial charge in [-0.15, -0.1) is 0 Å². The lowest BCUT2D eigenvalue weighted by atomic mass is 10.2. The van der Waals surface area contributed by atoms with E-state index in [1.807, 2.05) is 31.2 Å². The minimum atomic E-state index is -0.431. The molecular formula is C17H17BrN4O2. The van der Waals surface area contributed by atoms with E-state index in [0.717, 1.165) is 27.4 Å². The van der Waals surface area contributed by atoms with Crippen molar-refractivity contribution >= 4 is 33.4 Å². The summed E-state index contributed by atoms with van der Waals surface area (Å²) >= 11 is 3.38. The molecule has 2 rings (SSSR count). The van der Waals surface area contributed by atoms with E-state index >= 15 is 0 Å². The first-order chi connectivity index (χ1) is 11.5. The summed E-state index contributed by atoms with van der Waals surface area (Å²) in [5.41, 5.74) is 7.97. The summed E-state index contributed by atoms with van der Waals surface area (Å²) in [5, 5.41) is 2.67. The Kier molecular flexibility index (Phi) is 6.51. The van der Waals surface area contributed by atoms with Gasteiger partial charge in [-0.3, -0.25) is 25.4 Å². The Morgan fingerprint density at radius 3 is 2.75 bits per heavy atom. The van der Waals surface area contributed by atoms with Gasteiger partial charge in [0, 0.05) is 35.6 Å². The largest absolute Gasteiger partial charge is 0.348 e. The van der Waals surface area contributed by atoms with E-state index < -0.39 is 5.91 Å². The van der Waals surface area contributed by atoms with Crippen LogP contribution in [0.5, 0.6) is 0 Å². The smallest absolute Gasteiger partial charge is 0.262 e. The Balaban J connectivity index is 1.77. The summed E-state index contributed by atoms with van der Waals surface area (Å²) in [6.45, 7) is 2.30. The van der Waals surface area contributed by atoms with Gasteiger partial charge in [-0.25, -0.2) is 0 Å². The second kappa shape index (κ2) is 8.83. The van der Waals surface area contributed by atoms with Crippen LogP contribution in [0.2, 0.25) is 0 Å². The molecule has 0 atom stereocenters. The Hall–Kier alpha value is -2.67. The Morgan fingerprint density at radius 1 is 1.21 bits per heavy atom. The average Bonchev–Trinajstić information content (AvgIpc) is 2.59. The molecule has 124 valence electrons. The van der Waals surface area contributed by atoms with Crippen LogP contribution in [0.25, 0.3) is 0 Å². The molecule has 0 aliphatic carbocycles. The second-order valence-electron chi connectivity index (χ2n) is 5.01. The molecule has 0 fully saturated rings. The van der Waals surface area contributed by atoms with Crippen molar-refractivity contribution in [2.24, 2.45) is 0 Å². The highest BCUT2D eigenvalue weighted by Crippen LogP contribution is 2.22. The fraction of sp³-hybridized carbons (Fsp3) is 0.118. The molecule has 7 heteroatoms. The maximum absolute atomic E-state index is 11.7. The van der Waals surface area contributed by atoms with Gasteiger partial charge in [-0.1, -0.05) is 12.1 Å². The van der Waals surface area contributed by atoms with E-state index in [1.54, 1.807) is 18.5 Å². The van der Waals surface area contributed by atoms with Crippen molar-refractivity contribution in [2.75, 3.05) is 5.43 Å². The van der Waals surface area contributed by atoms with Gasteiger partial charge in [0.25, 0.3) is 5.91 Å². The number of hydrogen-bond donors (Lipinski definition) is 3. The van der Waals surface area contributed by atoms with Crippen molar-refractivity contribution in [2.45, 2.75) is 13.5 Å². The van der Waals surface area contributed by atoms with Gasteiger partial charge >= 0.3 is 0 Å². The van der Waals surface area contributed by atoms with Crippen LogP contribution in [0.1, 0.15) is 11.1 Å². The van der Waals surface area contributed by atoms with Crippen LogP contribution >= 0.6 is 15.9 Å². The second-order valence-corrected chi connectivity index (χ2v) is 5.86. The van der Waals surface area contributed by atoms with E-state index in [-0.39, 0.29) is 5.91 Å². The molecule has 0 radical (unpaired) electrons. The molecule has 0 aliphatic heterocycles. The molecule has 0 unspecified atom stereocenters. The van der Waals surface area contributed by atoms with Gasteiger partial charge in [0.1, 0.15) is 0 Å². The third kappa shape index (κ3) is 5.85. The standard InChI is InChI=1S/C17H17BrN4O2/c1-12-4-5-14(18)15(9-12)21-22-17(24)7-6-16(23)20-11-13-3-2-8-19-10-13/h2-10,21H,11H2,1H3,(H,20,23)(H,22,24)/b7-6+. The molecular weight excluding hydrogens is 372 g/mol. The summed E-state index contributed by atoms with van der Waals surface area (Å²) in [6.07, 6.45) is 5.67. The molecule has 1 aromatic heterocycles. The van der Waals surface area contributed by atoms with E-state index in [9.17, 15) is 9.59 Å². The number of hydrazine groups is 1. The Morgan fingerprint density at radius 2 is 2.00 bits per heavy atom. The first kappa shape index (κ1) is 17.7. The number of carbonyl (C=O) groups is 2. The fourth-order valence-electron chi connectivity index (χ4n) is 1.81. The third-order valence-electron chi connectivity index (χ3n) is 3.02. The number of benzene rings is 1. The lowest BCUT2D eigenvalue weighted by Gasteiger charge is -2.09. The first-order valence-electron chi connectivity index (χ1n) is 7.21. The van der Waals surface area contributed by atoms with Gasteiger partial charge in [0.2, 0.25) is 5.91 Å². The minimum absolute atomic E-state index is 0.354. The topological polar surface area (TPSA) is 83.1 Å². The molecule has 0 saturated carbocycles. The number of rotatable bonds is 6. The highest BCUT2D eigenvalue weighted by atomic mass is 79.9. The van der Waals surface area contributed by atoms with E-state index in [0.29, 0.717) is 6.54 Å². The monoisotopic (exact) mass is 388 g/mol. The predicted molar refractivity (Wildman–Crippen MR) is 95.9 cm³/mol. The van der Waals surface area contributed by atoms with Gasteiger partial charge in [0.15, 0.2) is 0 Å². The van der Waals surface area contributed by atoms with E-state index in [2.05, 4.69) is 37.1 Å². The van der Waals surface area contributed by atoms with Crippen molar-refractivity contribution in [3.8, 4) is 0 Å². The molecule has 2 amide bonds. The molecule has 24 heavy (non-hydrogen) atoms. The summed E-state index contributed by atoms with van der Waals surface area (Å²) < 4.78 is 0.826. The first-order valence-corrected chi connectivity index (χ1v) is 8.01. The summed E-state index contributed by atoms with van der Waals surface area (Å²) in [5.74, 6) is -0.786. The maximum Gasteiger partial charge on any atom is 0.262 e. The molecule has 2 aromatic rings. The Labute approximate surface area is 148 Å². The highest BCUT2D eigenvalue weighted by Gasteiger charge is 2.02. The minimum Gasteiger partial charge on any atom is -0.348 e. The highest BCUT2D eigenvalue weighted by molar-refractivity contribution is 9.10. The molecule has 0 aliphatic rings. The van der Waals surface area contributed by atoms with Crippen LogP contribution in [-0.4, -0.2) is 16.8 Å². The van der Waals surface area contributed by atoms with E-state index in [1.165, 1.54) is 6.08 Å². The van der Waals surface area contributed by atoms with Crippen LogP contribution in [0.4, 0.5) is 5.69 Å². The van der Waals surface area contributed by atoms with Crippen LogP contribution in [-0.2, 0) is 16.1 Å². The Bertz CT molecular complexity index is 748. The number of carbonyl (C=O) groups excluding carboxylic acids is 2. The molecule has 0 spiro atoms. The number of hydrogen-bond acceptors (Lipinski definition) is 4. The molecule has 0 bridgehead atoms. The lowest BCUT2D eigenvalue weighted by Crippen LogP contribution is -2.28. The predicted octanol–water partition coefficient (Wildman–Crippen LogP) is 2.47. The van der Waals surface area contributed by atoms with Gasteiger partial charge in [0.05, 0.1) is 5.69 Å². The number of anilines is 1. The number of halogens is 1. The molecule has 0 saturated heterocycles. The van der Waals surface area contributed by atoms with Crippen molar-refractivity contribution in [1.82, 2.24) is 15.7 Å². The van der Waals surface area contributed by atoms with Gasteiger partial charge in [-0.2, -0.15) is 0 Å². The maximum atomic E-state index is 11.7. The van der Waals surface area contributed by atoms with Crippen molar-refractivity contribution in [3.05, 3.63) is 70.5 Å². The van der Waals surface area contributed by atoms with Crippen molar-refractivity contribution in [1.29, 1.82) is 0 Å². The number of aryl methyl sites for hydroxylation is 1. The van der Waals surface area contributed by atoms with Crippen molar-refractivity contribution in [3.63, 3.8) is 0 Å². The van der Waals surface area contributed by atoms with Gasteiger partial charge in [-0.05, 0) is 52.2 Å². The average molecular weight is 389 g/mol. The quantitative estimate of drug-likeness (QED) is 0.524. The summed E-state index contributed by atoms with van der Waals surface area (Å²) in [4.78, 5) is 27.4. The normalized spacial score (nSPS) is 10.4. The third-order valence-corrected chi connectivity index (χ3v) is 3.71. The zero-order chi connectivity index (χ0) is 17.4. The molecule has 1 aromatic carbocycles. The van der Waals surface area contributed by atoms with Crippen LogP contribution in [0, 0.1) is 6.92 Å². The SMILES string of the molecule is Cc1ccc(Br)c(NNC(=O)/C=C/C(=O)NCc2cccnc2)c1. The van der Waals surface area contributed by atoms with Crippen LogP contribution in [0.3, 0.4) is 0 Å². The fourth-order valence-corrected chi connectivity index (χ4v) is 2.15. The number of aromatic nitrogens is 1. The molecule has 1 heterocycles. The van der Waals surface area contributed by atoms with Gasteiger partial charge < -0.3 is 5.32 Å². The van der Waals surface area contributed by atoms with E-state index in [4.69, 9.17) is 0 Å². The number of amides is 2. The summed E-state index contributed by atoms with van der Waals surface area (Å²) in [6, 6.07) is 9.36. The lowest BCUT2D eigenvalue weighted by molar-refractivity contribution is -0.118. The number of pyridine rings is 1. The molecule has 3 N–H and O–H groups in total. The number of nitrogens with one attached hydrogen (secondary N) is 3. The van der Waals surface area contributed by atoms with Crippen LogP contribution < -0.4 is 16.2 Å². The number of nitrogens with zero attached hydrogens (tertiary/aromatic N) is 1. The van der Waals surface area contributed by atoms with Crippen LogP contribution in [0.15, 0.2) is 59.4 Å². The zero-order valence-corrected chi connectivity index (χ0v) is 14.6.